The molecule has 1 aromatic heterocycles. The average molecular weight is 312 g/mol. The van der Waals surface area contributed by atoms with Crippen LogP contribution in [0.1, 0.15) is 10.4 Å². The maximum absolute atomic E-state index is 11.9. The van der Waals surface area contributed by atoms with Crippen LogP contribution >= 0.6 is 27.5 Å². The van der Waals surface area contributed by atoms with Crippen LogP contribution in [0.4, 0.5) is 5.82 Å². The summed E-state index contributed by atoms with van der Waals surface area (Å²) in [6.45, 7) is 0. The molecule has 0 unspecified atom stereocenters. The van der Waals surface area contributed by atoms with Gasteiger partial charge in [0, 0.05) is 6.20 Å². The van der Waals surface area contributed by atoms with Crippen LogP contribution in [0, 0.1) is 0 Å². The Morgan fingerprint density at radius 1 is 1.24 bits per heavy atom. The summed E-state index contributed by atoms with van der Waals surface area (Å²) >= 11 is 9.24. The lowest BCUT2D eigenvalue weighted by atomic mass is 10.2. The number of benzene rings is 1. The third-order valence-electron chi connectivity index (χ3n) is 2.11. The summed E-state index contributed by atoms with van der Waals surface area (Å²) in [6.07, 6.45) is 1.60. The Hall–Kier alpha value is -1.39. The number of nitrogens with zero attached hydrogens (tertiary/aromatic N) is 1. The van der Waals surface area contributed by atoms with E-state index in [4.69, 9.17) is 11.6 Å². The second kappa shape index (κ2) is 5.29. The lowest BCUT2D eigenvalue weighted by Gasteiger charge is -2.06. The van der Waals surface area contributed by atoms with Gasteiger partial charge in [0.1, 0.15) is 5.82 Å². The van der Waals surface area contributed by atoms with Gasteiger partial charge in [-0.15, -0.1) is 0 Å². The number of hydrogen-bond donors (Lipinski definition) is 1. The van der Waals surface area contributed by atoms with Gasteiger partial charge in [0.05, 0.1) is 15.1 Å². The summed E-state index contributed by atoms with van der Waals surface area (Å²) < 4.78 is 0.723. The number of carbonyl (C=O) groups excluding carboxylic acids is 1. The lowest BCUT2D eigenvalue weighted by molar-refractivity contribution is 0.102. The second-order valence-corrected chi connectivity index (χ2v) is 4.53. The quantitative estimate of drug-likeness (QED) is 0.918. The van der Waals surface area contributed by atoms with Crippen molar-refractivity contribution in [3.63, 3.8) is 0 Å². The van der Waals surface area contributed by atoms with Crippen molar-refractivity contribution in [3.05, 3.63) is 57.7 Å². The van der Waals surface area contributed by atoms with Gasteiger partial charge in [-0.1, -0.05) is 23.7 Å². The maximum atomic E-state index is 11.9. The summed E-state index contributed by atoms with van der Waals surface area (Å²) in [5, 5.41) is 3.10. The summed E-state index contributed by atoms with van der Waals surface area (Å²) in [5.41, 5.74) is 0.423. The fourth-order valence-electron chi connectivity index (χ4n) is 1.30. The number of anilines is 1. The molecule has 0 saturated carbocycles. The van der Waals surface area contributed by atoms with Crippen molar-refractivity contribution in [1.82, 2.24) is 4.98 Å². The highest BCUT2D eigenvalue weighted by molar-refractivity contribution is 9.10. The summed E-state index contributed by atoms with van der Waals surface area (Å²) in [4.78, 5) is 16.0. The van der Waals surface area contributed by atoms with Gasteiger partial charge in [-0.25, -0.2) is 4.98 Å². The molecule has 2 aromatic rings. The highest BCUT2D eigenvalue weighted by Crippen LogP contribution is 2.21. The van der Waals surface area contributed by atoms with Crippen LogP contribution < -0.4 is 5.32 Å². The maximum Gasteiger partial charge on any atom is 0.258 e. The molecule has 0 bridgehead atoms. The molecule has 1 N–H and O–H groups in total. The van der Waals surface area contributed by atoms with Crippen molar-refractivity contribution >= 4 is 39.3 Å². The molecule has 1 amide bonds. The molecule has 0 atom stereocenters. The molecular formula is C12H8BrClN2O. The fourth-order valence-corrected chi connectivity index (χ4v) is 1.87. The molecule has 3 nitrogen and oxygen atoms in total. The molecule has 5 heteroatoms. The summed E-state index contributed by atoms with van der Waals surface area (Å²) in [5.74, 6) is 0.187. The molecule has 2 rings (SSSR count). The number of amides is 1. The van der Waals surface area contributed by atoms with E-state index in [0.717, 1.165) is 4.47 Å². The Bertz CT molecular complexity index is 560. The zero-order valence-corrected chi connectivity index (χ0v) is 11.0. The standard InChI is InChI=1S/C12H8BrClN2O/c13-9-5-3-7-15-11(9)16-12(17)8-4-1-2-6-10(8)14/h1-7H,(H,15,16,17). The first-order valence-corrected chi connectivity index (χ1v) is 6.02. The van der Waals surface area contributed by atoms with Gasteiger partial charge in [0.15, 0.2) is 0 Å². The van der Waals surface area contributed by atoms with Crippen molar-refractivity contribution in [2.24, 2.45) is 0 Å². The Labute approximate surface area is 112 Å². The smallest absolute Gasteiger partial charge is 0.258 e. The van der Waals surface area contributed by atoms with Crippen LogP contribution in [0.25, 0.3) is 0 Å². The predicted octanol–water partition coefficient (Wildman–Crippen LogP) is 3.75. The highest BCUT2D eigenvalue weighted by Gasteiger charge is 2.11. The Balaban J connectivity index is 2.24. The van der Waals surface area contributed by atoms with E-state index in [2.05, 4.69) is 26.2 Å². The molecule has 0 aliphatic rings. The van der Waals surface area contributed by atoms with Crippen molar-refractivity contribution in [2.75, 3.05) is 5.32 Å². The van der Waals surface area contributed by atoms with Crippen molar-refractivity contribution < 1.29 is 4.79 Å². The SMILES string of the molecule is O=C(Nc1ncccc1Br)c1ccccc1Cl. The van der Waals surface area contributed by atoms with Gasteiger partial charge in [-0.05, 0) is 40.2 Å². The van der Waals surface area contributed by atoms with Gasteiger partial charge in [0.25, 0.3) is 5.91 Å². The zero-order chi connectivity index (χ0) is 12.3. The first-order valence-electron chi connectivity index (χ1n) is 4.85. The Morgan fingerprint density at radius 3 is 2.71 bits per heavy atom. The number of halogens is 2. The molecule has 1 aromatic carbocycles. The van der Waals surface area contributed by atoms with Crippen LogP contribution in [0.2, 0.25) is 5.02 Å². The Morgan fingerprint density at radius 2 is 2.00 bits per heavy atom. The van der Waals surface area contributed by atoms with Crippen molar-refractivity contribution in [1.29, 1.82) is 0 Å². The molecule has 17 heavy (non-hydrogen) atoms. The van der Waals surface area contributed by atoms with E-state index in [1.165, 1.54) is 0 Å². The predicted molar refractivity (Wildman–Crippen MR) is 71.3 cm³/mol. The molecule has 0 aliphatic carbocycles. The number of rotatable bonds is 2. The number of carbonyl (C=O) groups is 1. The minimum absolute atomic E-state index is 0.282. The fraction of sp³-hybridized carbons (Fsp3) is 0. The summed E-state index contributed by atoms with van der Waals surface area (Å²) in [6, 6.07) is 10.4. The largest absolute Gasteiger partial charge is 0.306 e. The van der Waals surface area contributed by atoms with E-state index in [-0.39, 0.29) is 5.91 Å². The second-order valence-electron chi connectivity index (χ2n) is 3.27. The number of hydrogen-bond acceptors (Lipinski definition) is 2. The van der Waals surface area contributed by atoms with Crippen LogP contribution in [0.5, 0.6) is 0 Å². The third-order valence-corrected chi connectivity index (χ3v) is 3.08. The summed E-state index contributed by atoms with van der Waals surface area (Å²) in [7, 11) is 0. The number of aromatic nitrogens is 1. The highest BCUT2D eigenvalue weighted by atomic mass is 79.9. The molecule has 0 aliphatic heterocycles. The van der Waals surface area contributed by atoms with Gasteiger partial charge < -0.3 is 5.32 Å². The van der Waals surface area contributed by atoms with E-state index in [0.29, 0.717) is 16.4 Å². The number of nitrogens with one attached hydrogen (secondary N) is 1. The first kappa shape index (κ1) is 12.1. The molecule has 0 spiro atoms. The van der Waals surface area contributed by atoms with Crippen molar-refractivity contribution in [2.45, 2.75) is 0 Å². The van der Waals surface area contributed by atoms with E-state index in [1.807, 2.05) is 0 Å². The average Bonchev–Trinajstić information content (AvgIpc) is 2.32. The van der Waals surface area contributed by atoms with E-state index < -0.39 is 0 Å². The van der Waals surface area contributed by atoms with Crippen LogP contribution in [0.3, 0.4) is 0 Å². The normalized spacial score (nSPS) is 10.0. The number of pyridine rings is 1. The van der Waals surface area contributed by atoms with Gasteiger partial charge in [-0.2, -0.15) is 0 Å². The van der Waals surface area contributed by atoms with Crippen molar-refractivity contribution in [3.8, 4) is 0 Å². The van der Waals surface area contributed by atoms with E-state index in [9.17, 15) is 4.79 Å². The topological polar surface area (TPSA) is 42.0 Å². The minimum Gasteiger partial charge on any atom is -0.306 e. The molecule has 86 valence electrons. The van der Waals surface area contributed by atoms with E-state index >= 15 is 0 Å². The van der Waals surface area contributed by atoms with Crippen LogP contribution in [-0.2, 0) is 0 Å². The molecule has 1 heterocycles. The molecular weight excluding hydrogens is 304 g/mol. The monoisotopic (exact) mass is 310 g/mol. The molecule has 0 saturated heterocycles. The molecule has 0 fully saturated rings. The van der Waals surface area contributed by atoms with Crippen LogP contribution in [-0.4, -0.2) is 10.9 Å². The zero-order valence-electron chi connectivity index (χ0n) is 8.65. The minimum atomic E-state index is -0.282. The van der Waals surface area contributed by atoms with E-state index in [1.54, 1.807) is 42.6 Å². The molecule has 0 radical (unpaired) electrons. The van der Waals surface area contributed by atoms with Gasteiger partial charge >= 0.3 is 0 Å². The van der Waals surface area contributed by atoms with Gasteiger partial charge in [-0.3, -0.25) is 4.79 Å². The Kier molecular flexibility index (Phi) is 3.76. The lowest BCUT2D eigenvalue weighted by Crippen LogP contribution is -2.13. The first-order chi connectivity index (χ1) is 8.18. The van der Waals surface area contributed by atoms with Crippen LogP contribution in [0.15, 0.2) is 47.1 Å². The van der Waals surface area contributed by atoms with Gasteiger partial charge in [0.2, 0.25) is 0 Å². The third kappa shape index (κ3) is 2.84.